The van der Waals surface area contributed by atoms with Crippen molar-refractivity contribution >= 4 is 27.5 Å². The number of fused-ring (bicyclic) bond motifs is 1. The maximum absolute atomic E-state index is 12.9. The Balaban J connectivity index is 2.20. The second-order valence-electron chi connectivity index (χ2n) is 5.89. The minimum Gasteiger partial charge on any atom is -0.481 e. The minimum absolute atomic E-state index is 0.100. The van der Waals surface area contributed by atoms with E-state index in [0.29, 0.717) is 16.0 Å². The van der Waals surface area contributed by atoms with Gasteiger partial charge in [-0.25, -0.2) is 4.98 Å². The molecule has 3 rings (SSSR count). The van der Waals surface area contributed by atoms with Crippen LogP contribution in [0.3, 0.4) is 0 Å². The SMILES string of the molecule is Cc1ccc(-c2csc3nc(C)n(CCC(=O)O)c(=O)c23)cc1C. The fourth-order valence-electron chi connectivity index (χ4n) is 2.72. The number of carboxylic acids is 1. The molecule has 0 aliphatic heterocycles. The van der Waals surface area contributed by atoms with Crippen molar-refractivity contribution < 1.29 is 9.90 Å². The summed E-state index contributed by atoms with van der Waals surface area (Å²) < 4.78 is 1.45. The van der Waals surface area contributed by atoms with Crippen molar-refractivity contribution in [1.82, 2.24) is 9.55 Å². The molecular weight excluding hydrogens is 324 g/mol. The summed E-state index contributed by atoms with van der Waals surface area (Å²) in [5.74, 6) is -0.386. The molecule has 0 amide bonds. The second kappa shape index (κ2) is 6.20. The molecule has 0 aliphatic rings. The van der Waals surface area contributed by atoms with Gasteiger partial charge in [0.05, 0.1) is 11.8 Å². The minimum atomic E-state index is -0.930. The van der Waals surface area contributed by atoms with Crippen LogP contribution in [0.15, 0.2) is 28.4 Å². The van der Waals surface area contributed by atoms with Gasteiger partial charge < -0.3 is 5.11 Å². The molecule has 1 aromatic carbocycles. The van der Waals surface area contributed by atoms with Crippen LogP contribution >= 0.6 is 11.3 Å². The molecule has 0 unspecified atom stereocenters. The fourth-order valence-corrected chi connectivity index (χ4v) is 3.70. The highest BCUT2D eigenvalue weighted by molar-refractivity contribution is 7.17. The van der Waals surface area contributed by atoms with Gasteiger partial charge in [0.25, 0.3) is 5.56 Å². The maximum Gasteiger partial charge on any atom is 0.305 e. The average Bonchev–Trinajstić information content (AvgIpc) is 2.93. The quantitative estimate of drug-likeness (QED) is 0.787. The van der Waals surface area contributed by atoms with Gasteiger partial charge in [-0.05, 0) is 37.5 Å². The van der Waals surface area contributed by atoms with Crippen LogP contribution in [0.1, 0.15) is 23.4 Å². The number of aliphatic carboxylic acids is 1. The Labute approximate surface area is 143 Å². The summed E-state index contributed by atoms with van der Waals surface area (Å²) in [4.78, 5) is 28.9. The van der Waals surface area contributed by atoms with E-state index in [4.69, 9.17) is 5.11 Å². The van der Waals surface area contributed by atoms with Crippen molar-refractivity contribution in [3.8, 4) is 11.1 Å². The number of rotatable bonds is 4. The maximum atomic E-state index is 12.9. The first-order chi connectivity index (χ1) is 11.4. The molecule has 0 saturated carbocycles. The van der Waals surface area contributed by atoms with E-state index < -0.39 is 5.97 Å². The Morgan fingerprint density at radius 3 is 2.67 bits per heavy atom. The van der Waals surface area contributed by atoms with Crippen LogP contribution in [0.25, 0.3) is 21.3 Å². The Morgan fingerprint density at radius 2 is 2.00 bits per heavy atom. The molecule has 6 heteroatoms. The molecule has 24 heavy (non-hydrogen) atoms. The molecule has 3 aromatic rings. The largest absolute Gasteiger partial charge is 0.481 e. The first kappa shape index (κ1) is 16.4. The van der Waals surface area contributed by atoms with Gasteiger partial charge in [0.2, 0.25) is 0 Å². The Bertz CT molecular complexity index is 1000. The van der Waals surface area contributed by atoms with E-state index in [1.807, 2.05) is 24.4 Å². The zero-order valence-electron chi connectivity index (χ0n) is 13.8. The fraction of sp³-hybridized carbons (Fsp3) is 0.278. The summed E-state index contributed by atoms with van der Waals surface area (Å²) in [7, 11) is 0. The van der Waals surface area contributed by atoms with Crippen LogP contribution in [-0.2, 0) is 11.3 Å². The zero-order chi connectivity index (χ0) is 17.4. The highest BCUT2D eigenvalue weighted by Crippen LogP contribution is 2.32. The number of aromatic nitrogens is 2. The summed E-state index contributed by atoms with van der Waals surface area (Å²) >= 11 is 1.44. The van der Waals surface area contributed by atoms with Gasteiger partial charge in [0.15, 0.2) is 0 Å². The first-order valence-corrected chi connectivity index (χ1v) is 8.54. The van der Waals surface area contributed by atoms with Gasteiger partial charge >= 0.3 is 5.97 Å². The molecule has 0 aliphatic carbocycles. The van der Waals surface area contributed by atoms with Crippen LogP contribution in [-0.4, -0.2) is 20.6 Å². The van der Waals surface area contributed by atoms with Gasteiger partial charge in [-0.3, -0.25) is 14.2 Å². The van der Waals surface area contributed by atoms with Crippen molar-refractivity contribution in [2.75, 3.05) is 0 Å². The van der Waals surface area contributed by atoms with Gasteiger partial charge in [0, 0.05) is 17.5 Å². The van der Waals surface area contributed by atoms with Crippen molar-refractivity contribution in [3.05, 3.63) is 50.9 Å². The molecule has 124 valence electrons. The standard InChI is InChI=1S/C18H18N2O3S/c1-10-4-5-13(8-11(10)2)14-9-24-17-16(14)18(23)20(12(3)19-17)7-6-15(21)22/h4-5,8-9H,6-7H2,1-3H3,(H,21,22). The molecule has 2 aromatic heterocycles. The van der Waals surface area contributed by atoms with Gasteiger partial charge in [-0.15, -0.1) is 11.3 Å². The molecule has 1 N–H and O–H groups in total. The number of carboxylic acid groups (broad SMARTS) is 1. The summed E-state index contributed by atoms with van der Waals surface area (Å²) in [6.07, 6.45) is -0.100. The van der Waals surface area contributed by atoms with Crippen molar-refractivity contribution in [1.29, 1.82) is 0 Å². The molecule has 0 spiro atoms. The van der Waals surface area contributed by atoms with Gasteiger partial charge in [-0.2, -0.15) is 0 Å². The summed E-state index contributed by atoms with van der Waals surface area (Å²) in [5.41, 5.74) is 4.04. The third-order valence-corrected chi connectivity index (χ3v) is 5.12. The predicted octanol–water partition coefficient (Wildman–Crippen LogP) is 3.52. The van der Waals surface area contributed by atoms with Crippen LogP contribution in [0.4, 0.5) is 0 Å². The highest BCUT2D eigenvalue weighted by atomic mass is 32.1. The number of benzene rings is 1. The number of aryl methyl sites for hydroxylation is 3. The lowest BCUT2D eigenvalue weighted by Gasteiger charge is -2.09. The molecule has 0 radical (unpaired) electrons. The van der Waals surface area contributed by atoms with Crippen molar-refractivity contribution in [2.45, 2.75) is 33.7 Å². The summed E-state index contributed by atoms with van der Waals surface area (Å²) in [6, 6.07) is 6.11. The van der Waals surface area contributed by atoms with E-state index in [0.717, 1.165) is 16.7 Å². The molecule has 0 fully saturated rings. The van der Waals surface area contributed by atoms with Crippen LogP contribution < -0.4 is 5.56 Å². The lowest BCUT2D eigenvalue weighted by molar-refractivity contribution is -0.137. The molecule has 0 atom stereocenters. The average molecular weight is 342 g/mol. The van der Waals surface area contributed by atoms with E-state index in [1.165, 1.54) is 21.5 Å². The Morgan fingerprint density at radius 1 is 1.25 bits per heavy atom. The normalized spacial score (nSPS) is 11.1. The lowest BCUT2D eigenvalue weighted by atomic mass is 10.0. The molecule has 2 heterocycles. The zero-order valence-corrected chi connectivity index (χ0v) is 14.6. The molecule has 5 nitrogen and oxygen atoms in total. The van der Waals surface area contributed by atoms with E-state index in [2.05, 4.69) is 18.0 Å². The van der Waals surface area contributed by atoms with E-state index in [-0.39, 0.29) is 18.5 Å². The smallest absolute Gasteiger partial charge is 0.305 e. The van der Waals surface area contributed by atoms with E-state index in [1.54, 1.807) is 6.92 Å². The van der Waals surface area contributed by atoms with E-state index >= 15 is 0 Å². The Kier molecular flexibility index (Phi) is 4.24. The molecule has 0 saturated heterocycles. The van der Waals surface area contributed by atoms with Gasteiger partial charge in [0.1, 0.15) is 10.7 Å². The monoisotopic (exact) mass is 342 g/mol. The number of hydrogen-bond acceptors (Lipinski definition) is 4. The topological polar surface area (TPSA) is 72.2 Å². The summed E-state index contributed by atoms with van der Waals surface area (Å²) in [5, 5.41) is 11.4. The molecule has 0 bridgehead atoms. The molecular formula is C18H18N2O3S. The Hall–Kier alpha value is -2.47. The lowest BCUT2D eigenvalue weighted by Crippen LogP contribution is -2.24. The van der Waals surface area contributed by atoms with Crippen LogP contribution in [0, 0.1) is 20.8 Å². The predicted molar refractivity (Wildman–Crippen MR) is 95.8 cm³/mol. The number of nitrogens with zero attached hydrogens (tertiary/aromatic N) is 2. The van der Waals surface area contributed by atoms with Crippen LogP contribution in [0.2, 0.25) is 0 Å². The second-order valence-corrected chi connectivity index (χ2v) is 6.75. The van der Waals surface area contributed by atoms with E-state index in [9.17, 15) is 9.59 Å². The van der Waals surface area contributed by atoms with Crippen molar-refractivity contribution in [3.63, 3.8) is 0 Å². The highest BCUT2D eigenvalue weighted by Gasteiger charge is 2.16. The van der Waals surface area contributed by atoms with Crippen molar-refractivity contribution in [2.24, 2.45) is 0 Å². The first-order valence-electron chi connectivity index (χ1n) is 7.66. The number of carbonyl (C=O) groups is 1. The third-order valence-electron chi connectivity index (χ3n) is 4.25. The third kappa shape index (κ3) is 2.85. The number of hydrogen-bond donors (Lipinski definition) is 1. The van der Waals surface area contributed by atoms with Crippen LogP contribution in [0.5, 0.6) is 0 Å². The van der Waals surface area contributed by atoms with Gasteiger partial charge in [-0.1, -0.05) is 18.2 Å². The summed E-state index contributed by atoms with van der Waals surface area (Å²) in [6.45, 7) is 5.96. The number of thiophene rings is 1.